The van der Waals surface area contributed by atoms with Crippen molar-refractivity contribution < 1.29 is 23.8 Å². The molecule has 2 aromatic rings. The molecule has 2 aromatic carbocycles. The van der Waals surface area contributed by atoms with Crippen LogP contribution < -0.4 is 10.1 Å². The summed E-state index contributed by atoms with van der Waals surface area (Å²) in [6, 6.07) is 10.8. The Hall–Kier alpha value is -2.73. The highest BCUT2D eigenvalue weighted by atomic mass is 19.1. The van der Waals surface area contributed by atoms with Crippen molar-refractivity contribution in [1.29, 1.82) is 0 Å². The highest BCUT2D eigenvalue weighted by Gasteiger charge is 2.37. The minimum absolute atomic E-state index is 0.0128. The van der Waals surface area contributed by atoms with Crippen LogP contribution in [0.2, 0.25) is 0 Å². The topological polar surface area (TPSA) is 75.6 Å². The van der Waals surface area contributed by atoms with Gasteiger partial charge in [-0.3, -0.25) is 9.59 Å². The molecule has 1 amide bonds. The van der Waals surface area contributed by atoms with E-state index in [2.05, 4.69) is 5.32 Å². The first-order chi connectivity index (χ1) is 11.4. The number of ether oxygens (including phenoxy) is 1. The van der Waals surface area contributed by atoms with Crippen molar-refractivity contribution in [2.45, 2.75) is 18.6 Å². The number of ketones is 1. The summed E-state index contributed by atoms with van der Waals surface area (Å²) < 4.78 is 18.5. The molecular weight excluding hydrogens is 313 g/mol. The van der Waals surface area contributed by atoms with Gasteiger partial charge in [0.1, 0.15) is 24.2 Å². The molecule has 5 nitrogen and oxygen atoms in total. The van der Waals surface area contributed by atoms with Gasteiger partial charge >= 0.3 is 0 Å². The third-order valence-corrected chi connectivity index (χ3v) is 4.03. The van der Waals surface area contributed by atoms with Gasteiger partial charge in [-0.05, 0) is 36.8 Å². The van der Waals surface area contributed by atoms with Crippen molar-refractivity contribution in [3.8, 4) is 5.75 Å². The van der Waals surface area contributed by atoms with Gasteiger partial charge in [0.15, 0.2) is 11.4 Å². The van der Waals surface area contributed by atoms with Gasteiger partial charge in [-0.15, -0.1) is 0 Å². The van der Waals surface area contributed by atoms with Crippen molar-refractivity contribution >= 4 is 11.7 Å². The zero-order valence-corrected chi connectivity index (χ0v) is 13.0. The van der Waals surface area contributed by atoms with Crippen LogP contribution in [0.5, 0.6) is 5.75 Å². The number of aliphatic hydroxyl groups is 1. The molecule has 2 atom stereocenters. The lowest BCUT2D eigenvalue weighted by atomic mass is 9.93. The number of halogens is 1. The molecule has 0 radical (unpaired) electrons. The first-order valence-electron chi connectivity index (χ1n) is 7.45. The number of fused-ring (bicyclic) bond motifs is 1. The van der Waals surface area contributed by atoms with Gasteiger partial charge in [0, 0.05) is 0 Å². The third-order valence-electron chi connectivity index (χ3n) is 4.03. The molecule has 1 heterocycles. The van der Waals surface area contributed by atoms with Gasteiger partial charge in [-0.1, -0.05) is 24.3 Å². The molecule has 1 aliphatic heterocycles. The molecule has 6 heteroatoms. The number of carbonyl (C=O) groups is 2. The Morgan fingerprint density at radius 1 is 1.25 bits per heavy atom. The van der Waals surface area contributed by atoms with E-state index in [9.17, 15) is 19.1 Å². The van der Waals surface area contributed by atoms with Crippen LogP contribution in [0.3, 0.4) is 0 Å². The number of nitrogens with one attached hydrogen (secondary N) is 1. The first-order valence-corrected chi connectivity index (χ1v) is 7.45. The van der Waals surface area contributed by atoms with Crippen LogP contribution in [0.15, 0.2) is 48.5 Å². The van der Waals surface area contributed by atoms with E-state index in [4.69, 9.17) is 4.74 Å². The van der Waals surface area contributed by atoms with Gasteiger partial charge in [0.05, 0.1) is 5.56 Å². The highest BCUT2D eigenvalue weighted by Crippen LogP contribution is 2.25. The number of hydrogen-bond acceptors (Lipinski definition) is 4. The molecule has 0 saturated carbocycles. The smallest absolute Gasteiger partial charge is 0.257 e. The molecule has 0 bridgehead atoms. The Labute approximate surface area is 138 Å². The summed E-state index contributed by atoms with van der Waals surface area (Å²) in [5.74, 6) is -1.03. The maximum atomic E-state index is 13.0. The fraction of sp³-hybridized carbons (Fsp3) is 0.222. The van der Waals surface area contributed by atoms with Crippen molar-refractivity contribution in [2.75, 3.05) is 6.61 Å². The second-order valence-electron chi connectivity index (χ2n) is 5.78. The minimum atomic E-state index is -1.90. The van der Waals surface area contributed by atoms with E-state index in [1.807, 2.05) is 0 Å². The SMILES string of the molecule is CC(O)(C(=O)NC1COc2ccccc2C1=O)c1ccc(F)cc1. The summed E-state index contributed by atoms with van der Waals surface area (Å²) >= 11 is 0. The van der Waals surface area contributed by atoms with Crippen LogP contribution in [-0.4, -0.2) is 29.4 Å². The summed E-state index contributed by atoms with van der Waals surface area (Å²) in [4.78, 5) is 24.8. The zero-order chi connectivity index (χ0) is 17.3. The Balaban J connectivity index is 1.77. The van der Waals surface area contributed by atoms with Crippen LogP contribution in [0.1, 0.15) is 22.8 Å². The average molecular weight is 329 g/mol. The number of rotatable bonds is 3. The summed E-state index contributed by atoms with van der Waals surface area (Å²) in [5.41, 5.74) is -1.29. The van der Waals surface area contributed by atoms with E-state index in [1.54, 1.807) is 24.3 Å². The van der Waals surface area contributed by atoms with E-state index in [0.717, 1.165) is 12.1 Å². The van der Waals surface area contributed by atoms with Gasteiger partial charge in [-0.2, -0.15) is 0 Å². The highest BCUT2D eigenvalue weighted by molar-refractivity contribution is 6.05. The molecular formula is C18H16FNO4. The zero-order valence-electron chi connectivity index (χ0n) is 13.0. The quantitative estimate of drug-likeness (QED) is 0.900. The number of benzene rings is 2. The Bertz CT molecular complexity index is 786. The predicted molar refractivity (Wildman–Crippen MR) is 84.2 cm³/mol. The molecule has 0 fully saturated rings. The molecule has 2 unspecified atom stereocenters. The van der Waals surface area contributed by atoms with E-state index in [1.165, 1.54) is 19.1 Å². The van der Waals surface area contributed by atoms with E-state index in [0.29, 0.717) is 11.3 Å². The van der Waals surface area contributed by atoms with Crippen LogP contribution in [0.25, 0.3) is 0 Å². The largest absolute Gasteiger partial charge is 0.490 e. The number of carbonyl (C=O) groups excluding carboxylic acids is 2. The number of hydrogen-bond donors (Lipinski definition) is 2. The van der Waals surface area contributed by atoms with Crippen molar-refractivity contribution in [1.82, 2.24) is 5.32 Å². The summed E-state index contributed by atoms with van der Waals surface area (Å²) in [6.45, 7) is 1.28. The monoisotopic (exact) mass is 329 g/mol. The summed E-state index contributed by atoms with van der Waals surface area (Å²) in [6.07, 6.45) is 0. The Morgan fingerprint density at radius 3 is 2.62 bits per heavy atom. The Morgan fingerprint density at radius 2 is 1.92 bits per heavy atom. The van der Waals surface area contributed by atoms with E-state index in [-0.39, 0.29) is 18.0 Å². The molecule has 1 aliphatic rings. The first kappa shape index (κ1) is 16.1. The molecule has 0 aromatic heterocycles. The lowest BCUT2D eigenvalue weighted by Gasteiger charge is -2.29. The standard InChI is InChI=1S/C18H16FNO4/c1-18(23,11-6-8-12(19)9-7-11)17(22)20-14-10-24-15-5-3-2-4-13(15)16(14)21/h2-9,14,23H,10H2,1H3,(H,20,22). The number of amides is 1. The average Bonchev–Trinajstić information content (AvgIpc) is 2.58. The van der Waals surface area contributed by atoms with Crippen molar-refractivity contribution in [2.24, 2.45) is 0 Å². The van der Waals surface area contributed by atoms with Gasteiger partial charge in [0.2, 0.25) is 0 Å². The lowest BCUT2D eigenvalue weighted by molar-refractivity contribution is -0.139. The van der Waals surface area contributed by atoms with Crippen LogP contribution in [-0.2, 0) is 10.4 Å². The molecule has 124 valence electrons. The third kappa shape index (κ3) is 2.88. The van der Waals surface area contributed by atoms with Crippen LogP contribution >= 0.6 is 0 Å². The second kappa shape index (κ2) is 6.05. The van der Waals surface area contributed by atoms with Crippen LogP contribution in [0, 0.1) is 5.82 Å². The van der Waals surface area contributed by atoms with Crippen molar-refractivity contribution in [3.05, 3.63) is 65.5 Å². The van der Waals surface area contributed by atoms with Crippen molar-refractivity contribution in [3.63, 3.8) is 0 Å². The fourth-order valence-corrected chi connectivity index (χ4v) is 2.54. The molecule has 0 spiro atoms. The van der Waals surface area contributed by atoms with Gasteiger partial charge in [0.25, 0.3) is 5.91 Å². The summed E-state index contributed by atoms with van der Waals surface area (Å²) in [7, 11) is 0. The Kier molecular flexibility index (Phi) is 4.07. The normalized spacial score (nSPS) is 19.0. The second-order valence-corrected chi connectivity index (χ2v) is 5.78. The molecule has 3 rings (SSSR count). The maximum Gasteiger partial charge on any atom is 0.257 e. The summed E-state index contributed by atoms with van der Waals surface area (Å²) in [5, 5.41) is 13.0. The fourth-order valence-electron chi connectivity index (χ4n) is 2.54. The molecule has 0 aliphatic carbocycles. The lowest BCUT2D eigenvalue weighted by Crippen LogP contribution is -2.53. The molecule has 24 heavy (non-hydrogen) atoms. The van der Waals surface area contributed by atoms with E-state index < -0.39 is 23.4 Å². The minimum Gasteiger partial charge on any atom is -0.490 e. The molecule has 2 N–H and O–H groups in total. The maximum absolute atomic E-state index is 13.0. The number of para-hydroxylation sites is 1. The number of Topliss-reactive ketones (excluding diaryl/α,β-unsaturated/α-hetero) is 1. The van der Waals surface area contributed by atoms with Gasteiger partial charge in [-0.25, -0.2) is 4.39 Å². The van der Waals surface area contributed by atoms with Gasteiger partial charge < -0.3 is 15.2 Å². The molecule has 0 saturated heterocycles. The predicted octanol–water partition coefficient (Wildman–Crippen LogP) is 1.79. The van der Waals surface area contributed by atoms with Crippen LogP contribution in [0.4, 0.5) is 4.39 Å². The van der Waals surface area contributed by atoms with E-state index >= 15 is 0 Å².